The third-order valence-electron chi connectivity index (χ3n) is 3.67. The summed E-state index contributed by atoms with van der Waals surface area (Å²) in [4.78, 5) is -0.289. The number of rotatable bonds is 5. The lowest BCUT2D eigenvalue weighted by Gasteiger charge is -2.10. The number of sulfonamides is 1. The number of alkyl halides is 1. The zero-order chi connectivity index (χ0) is 18.0. The number of hydrogen-bond donors (Lipinski definition) is 1. The van der Waals surface area contributed by atoms with Crippen molar-refractivity contribution >= 4 is 21.6 Å². The predicted molar refractivity (Wildman–Crippen MR) is 93.7 cm³/mol. The van der Waals surface area contributed by atoms with Gasteiger partial charge in [0.05, 0.1) is 16.5 Å². The monoisotopic (exact) mass is 379 g/mol. The zero-order valence-electron chi connectivity index (χ0n) is 13.1. The van der Waals surface area contributed by atoms with E-state index in [0.29, 0.717) is 12.1 Å². The fraction of sp³-hybridized carbons (Fsp3) is 0.118. The summed E-state index contributed by atoms with van der Waals surface area (Å²) < 4.78 is 38.6. The van der Waals surface area contributed by atoms with Crippen LogP contribution in [0, 0.1) is 5.82 Å². The van der Waals surface area contributed by atoms with Crippen LogP contribution >= 0.6 is 11.6 Å². The molecule has 3 rings (SSSR count). The van der Waals surface area contributed by atoms with E-state index in [0.717, 1.165) is 17.3 Å². The van der Waals surface area contributed by atoms with E-state index in [1.165, 1.54) is 16.8 Å². The van der Waals surface area contributed by atoms with E-state index >= 15 is 0 Å². The Balaban J connectivity index is 2.06. The molecule has 0 spiro atoms. The maximum Gasteiger partial charge on any atom is 0.238 e. The van der Waals surface area contributed by atoms with Gasteiger partial charge in [0.2, 0.25) is 10.0 Å². The highest BCUT2D eigenvalue weighted by molar-refractivity contribution is 7.89. The number of nitrogens with two attached hydrogens (primary N) is 1. The van der Waals surface area contributed by atoms with Crippen molar-refractivity contribution in [2.75, 3.05) is 0 Å². The minimum Gasteiger partial charge on any atom is -0.234 e. The van der Waals surface area contributed by atoms with Gasteiger partial charge in [0, 0.05) is 12.1 Å². The normalized spacial score (nSPS) is 11.6. The van der Waals surface area contributed by atoms with Crippen molar-refractivity contribution < 1.29 is 12.8 Å². The molecule has 0 aliphatic carbocycles. The van der Waals surface area contributed by atoms with E-state index in [1.807, 2.05) is 30.3 Å². The first-order valence-corrected chi connectivity index (χ1v) is 9.47. The van der Waals surface area contributed by atoms with Crippen LogP contribution < -0.4 is 5.14 Å². The number of aromatic nitrogens is 2. The molecule has 130 valence electrons. The Morgan fingerprint density at radius 1 is 1.12 bits per heavy atom. The topological polar surface area (TPSA) is 78.0 Å². The van der Waals surface area contributed by atoms with Crippen LogP contribution in [0.3, 0.4) is 0 Å². The van der Waals surface area contributed by atoms with Crippen molar-refractivity contribution in [1.82, 2.24) is 9.78 Å². The van der Waals surface area contributed by atoms with Crippen LogP contribution in [0.15, 0.2) is 59.5 Å². The highest BCUT2D eigenvalue weighted by atomic mass is 35.5. The van der Waals surface area contributed by atoms with Crippen LogP contribution in [-0.2, 0) is 22.3 Å². The van der Waals surface area contributed by atoms with Gasteiger partial charge in [0.25, 0.3) is 0 Å². The van der Waals surface area contributed by atoms with Gasteiger partial charge in [-0.15, -0.1) is 11.6 Å². The van der Waals surface area contributed by atoms with Gasteiger partial charge in [-0.05, 0) is 29.8 Å². The Morgan fingerprint density at radius 2 is 1.84 bits per heavy atom. The molecule has 8 heteroatoms. The molecule has 0 aliphatic heterocycles. The molecule has 0 amide bonds. The Hall–Kier alpha value is -2.22. The van der Waals surface area contributed by atoms with E-state index in [1.54, 1.807) is 6.07 Å². The zero-order valence-corrected chi connectivity index (χ0v) is 14.6. The van der Waals surface area contributed by atoms with E-state index < -0.39 is 15.8 Å². The van der Waals surface area contributed by atoms with Crippen molar-refractivity contribution in [3.05, 3.63) is 77.4 Å². The van der Waals surface area contributed by atoms with Crippen LogP contribution in [0.2, 0.25) is 0 Å². The molecule has 0 unspecified atom stereocenters. The van der Waals surface area contributed by atoms with Gasteiger partial charge in [0.15, 0.2) is 0 Å². The molecule has 0 saturated carbocycles. The highest BCUT2D eigenvalue weighted by Crippen LogP contribution is 2.22. The summed E-state index contributed by atoms with van der Waals surface area (Å²) in [7, 11) is -3.97. The fourth-order valence-corrected chi connectivity index (χ4v) is 3.17. The highest BCUT2D eigenvalue weighted by Gasteiger charge is 2.16. The van der Waals surface area contributed by atoms with E-state index in [4.69, 9.17) is 16.7 Å². The Kier molecular flexibility index (Phi) is 4.89. The van der Waals surface area contributed by atoms with Crippen LogP contribution in [0.5, 0.6) is 0 Å². The van der Waals surface area contributed by atoms with E-state index in [2.05, 4.69) is 5.10 Å². The van der Waals surface area contributed by atoms with Gasteiger partial charge in [-0.25, -0.2) is 22.6 Å². The molecule has 1 aromatic heterocycles. The van der Waals surface area contributed by atoms with Crippen molar-refractivity contribution in [3.63, 3.8) is 0 Å². The summed E-state index contributed by atoms with van der Waals surface area (Å²) in [5.41, 5.74) is 2.51. The SMILES string of the molecule is NS(=O)(=O)c1ccc(-n2nc(CCl)cc2Cc2ccccc2)c(F)c1. The predicted octanol–water partition coefficient (Wildman–Crippen LogP) is 2.99. The van der Waals surface area contributed by atoms with Crippen molar-refractivity contribution in [3.8, 4) is 5.69 Å². The number of primary sulfonamides is 1. The molecule has 0 aliphatic rings. The second-order valence-electron chi connectivity index (χ2n) is 5.49. The van der Waals surface area contributed by atoms with Gasteiger partial charge in [0.1, 0.15) is 11.5 Å². The van der Waals surface area contributed by atoms with Gasteiger partial charge in [-0.3, -0.25) is 0 Å². The molecule has 25 heavy (non-hydrogen) atoms. The number of hydrogen-bond acceptors (Lipinski definition) is 3. The van der Waals surface area contributed by atoms with Crippen molar-refractivity contribution in [1.29, 1.82) is 0 Å². The van der Waals surface area contributed by atoms with Gasteiger partial charge < -0.3 is 0 Å². The van der Waals surface area contributed by atoms with Gasteiger partial charge >= 0.3 is 0 Å². The van der Waals surface area contributed by atoms with E-state index in [-0.39, 0.29) is 16.5 Å². The Morgan fingerprint density at radius 3 is 2.44 bits per heavy atom. The molecule has 0 radical (unpaired) electrons. The molecule has 2 aromatic carbocycles. The standard InChI is InChI=1S/C17H15ClFN3O2S/c18-11-13-9-14(8-12-4-2-1-3-5-12)22(21-13)17-7-6-15(10-16(17)19)25(20,23)24/h1-7,9-10H,8,11H2,(H2,20,23,24). The first-order valence-electron chi connectivity index (χ1n) is 7.39. The van der Waals surface area contributed by atoms with Crippen molar-refractivity contribution in [2.24, 2.45) is 5.14 Å². The first-order chi connectivity index (χ1) is 11.9. The van der Waals surface area contributed by atoms with Crippen LogP contribution in [-0.4, -0.2) is 18.2 Å². The third kappa shape index (κ3) is 3.89. The summed E-state index contributed by atoms with van der Waals surface area (Å²) in [6.07, 6.45) is 0.529. The molecule has 0 fully saturated rings. The molecule has 3 aromatic rings. The number of halogens is 2. The van der Waals surface area contributed by atoms with Crippen LogP contribution in [0.1, 0.15) is 17.0 Å². The summed E-state index contributed by atoms with van der Waals surface area (Å²) in [5, 5.41) is 9.35. The lowest BCUT2D eigenvalue weighted by Crippen LogP contribution is -2.13. The number of nitrogens with zero attached hydrogens (tertiary/aromatic N) is 2. The van der Waals surface area contributed by atoms with Crippen LogP contribution in [0.4, 0.5) is 4.39 Å². The third-order valence-corrected chi connectivity index (χ3v) is 4.86. The average Bonchev–Trinajstić information content (AvgIpc) is 2.97. The molecule has 5 nitrogen and oxygen atoms in total. The molecule has 0 bridgehead atoms. The largest absolute Gasteiger partial charge is 0.238 e. The second kappa shape index (κ2) is 6.95. The smallest absolute Gasteiger partial charge is 0.234 e. The molecule has 0 saturated heterocycles. The second-order valence-corrected chi connectivity index (χ2v) is 7.32. The summed E-state index contributed by atoms with van der Waals surface area (Å²) in [6, 6.07) is 14.9. The quantitative estimate of drug-likeness (QED) is 0.692. The maximum atomic E-state index is 14.5. The molecule has 0 atom stereocenters. The molecule has 2 N–H and O–H groups in total. The van der Waals surface area contributed by atoms with E-state index in [9.17, 15) is 12.8 Å². The molecular weight excluding hydrogens is 365 g/mol. The van der Waals surface area contributed by atoms with Gasteiger partial charge in [-0.1, -0.05) is 30.3 Å². The molecule has 1 heterocycles. The Bertz CT molecular complexity index is 1000. The van der Waals surface area contributed by atoms with Gasteiger partial charge in [-0.2, -0.15) is 5.10 Å². The summed E-state index contributed by atoms with van der Waals surface area (Å²) >= 11 is 5.86. The van der Waals surface area contributed by atoms with Crippen LogP contribution in [0.25, 0.3) is 5.69 Å². The first kappa shape index (κ1) is 17.6. The average molecular weight is 380 g/mol. The lowest BCUT2D eigenvalue weighted by molar-refractivity contribution is 0.587. The number of benzene rings is 2. The minimum absolute atomic E-state index is 0.134. The summed E-state index contributed by atoms with van der Waals surface area (Å²) in [5.74, 6) is -0.545. The maximum absolute atomic E-state index is 14.5. The molecular formula is C17H15ClFN3O2S. The minimum atomic E-state index is -3.97. The Labute approximate surface area is 149 Å². The van der Waals surface area contributed by atoms with Crippen molar-refractivity contribution in [2.45, 2.75) is 17.2 Å². The fourth-order valence-electron chi connectivity index (χ4n) is 2.52. The lowest BCUT2D eigenvalue weighted by atomic mass is 10.1. The summed E-state index contributed by atoms with van der Waals surface area (Å²) in [6.45, 7) is 0.